The van der Waals surface area contributed by atoms with Crippen molar-refractivity contribution < 1.29 is 13.2 Å². The lowest BCUT2D eigenvalue weighted by Gasteiger charge is -2.12. The van der Waals surface area contributed by atoms with Gasteiger partial charge in [0.15, 0.2) is 0 Å². The lowest BCUT2D eigenvalue weighted by molar-refractivity contribution is 0.102. The first-order chi connectivity index (χ1) is 12.9. The van der Waals surface area contributed by atoms with Crippen LogP contribution in [0.4, 0.5) is 5.69 Å². The summed E-state index contributed by atoms with van der Waals surface area (Å²) in [6.07, 6.45) is 2.39. The Hall–Kier alpha value is -2.77. The van der Waals surface area contributed by atoms with E-state index >= 15 is 0 Å². The Bertz CT molecular complexity index is 1060. The predicted molar refractivity (Wildman–Crippen MR) is 106 cm³/mol. The number of fused-ring (bicyclic) bond motifs is 1. The second kappa shape index (κ2) is 7.85. The third-order valence-corrected chi connectivity index (χ3v) is 5.89. The number of anilines is 1. The molecule has 0 radical (unpaired) electrons. The van der Waals surface area contributed by atoms with Gasteiger partial charge < -0.3 is 5.32 Å². The highest BCUT2D eigenvalue weighted by atomic mass is 32.2. The van der Waals surface area contributed by atoms with Crippen LogP contribution in [0.5, 0.6) is 0 Å². The fourth-order valence-electron chi connectivity index (χ4n) is 2.61. The molecule has 0 bridgehead atoms. The van der Waals surface area contributed by atoms with Gasteiger partial charge in [0.25, 0.3) is 5.91 Å². The summed E-state index contributed by atoms with van der Waals surface area (Å²) in [5.74, 6) is -0.315. The van der Waals surface area contributed by atoms with E-state index < -0.39 is 10.0 Å². The van der Waals surface area contributed by atoms with Crippen molar-refractivity contribution in [2.24, 2.45) is 0 Å². The zero-order chi connectivity index (χ0) is 19.4. The van der Waals surface area contributed by atoms with Gasteiger partial charge >= 0.3 is 0 Å². The van der Waals surface area contributed by atoms with Crippen molar-refractivity contribution in [2.75, 3.05) is 5.32 Å². The van der Waals surface area contributed by atoms with Gasteiger partial charge in [0.2, 0.25) is 10.0 Å². The molecule has 1 unspecified atom stereocenters. The Labute approximate surface area is 158 Å². The smallest absolute Gasteiger partial charge is 0.255 e. The first-order valence-electron chi connectivity index (χ1n) is 8.68. The summed E-state index contributed by atoms with van der Waals surface area (Å²) in [6.45, 7) is 3.71. The number of hydrogen-bond donors (Lipinski definition) is 2. The molecule has 2 aromatic carbocycles. The standard InChI is InChI=1S/C20H21N3O3S/c1-3-14(2)23-27(25,26)16-11-9-15(10-12-16)20(24)22-19-8-4-7-18-17(19)6-5-13-21-18/h4-14,23H,3H2,1-2H3,(H,22,24). The number of sulfonamides is 1. The summed E-state index contributed by atoms with van der Waals surface area (Å²) >= 11 is 0. The predicted octanol–water partition coefficient (Wildman–Crippen LogP) is 3.56. The molecule has 1 heterocycles. The van der Waals surface area contributed by atoms with Gasteiger partial charge in [-0.15, -0.1) is 0 Å². The first kappa shape index (κ1) is 19.0. The molecule has 1 amide bonds. The fourth-order valence-corrected chi connectivity index (χ4v) is 3.94. The van der Waals surface area contributed by atoms with E-state index in [0.29, 0.717) is 17.7 Å². The van der Waals surface area contributed by atoms with Crippen LogP contribution in [-0.4, -0.2) is 25.4 Å². The topological polar surface area (TPSA) is 88.2 Å². The molecule has 0 aliphatic rings. The number of aromatic nitrogens is 1. The minimum atomic E-state index is -3.59. The van der Waals surface area contributed by atoms with Crippen molar-refractivity contribution in [3.8, 4) is 0 Å². The van der Waals surface area contributed by atoms with Gasteiger partial charge in [0, 0.05) is 23.2 Å². The number of carbonyl (C=O) groups excluding carboxylic acids is 1. The molecule has 3 aromatic rings. The van der Waals surface area contributed by atoms with Crippen molar-refractivity contribution in [3.63, 3.8) is 0 Å². The molecule has 0 fully saturated rings. The molecule has 140 valence electrons. The van der Waals surface area contributed by atoms with Crippen LogP contribution in [0.1, 0.15) is 30.6 Å². The Kier molecular flexibility index (Phi) is 5.53. The SMILES string of the molecule is CCC(C)NS(=O)(=O)c1ccc(C(=O)Nc2cccc3ncccc23)cc1. The number of rotatable bonds is 6. The van der Waals surface area contributed by atoms with Crippen molar-refractivity contribution in [1.82, 2.24) is 9.71 Å². The highest BCUT2D eigenvalue weighted by Gasteiger charge is 2.17. The van der Waals surface area contributed by atoms with Gasteiger partial charge in [0.05, 0.1) is 16.1 Å². The van der Waals surface area contributed by atoms with E-state index in [1.807, 2.05) is 31.2 Å². The summed E-state index contributed by atoms with van der Waals surface area (Å²) in [6, 6.07) is 14.9. The summed E-state index contributed by atoms with van der Waals surface area (Å²) in [7, 11) is -3.59. The fraction of sp³-hybridized carbons (Fsp3) is 0.200. The van der Waals surface area contributed by atoms with Crippen molar-refractivity contribution in [1.29, 1.82) is 0 Å². The van der Waals surface area contributed by atoms with Gasteiger partial charge in [-0.1, -0.05) is 13.0 Å². The first-order valence-corrected chi connectivity index (χ1v) is 10.2. The second-order valence-electron chi connectivity index (χ2n) is 6.28. The third-order valence-electron chi connectivity index (χ3n) is 4.29. The number of nitrogens with one attached hydrogen (secondary N) is 2. The van der Waals surface area contributed by atoms with Crippen LogP contribution < -0.4 is 10.0 Å². The van der Waals surface area contributed by atoms with Gasteiger partial charge in [-0.05, 0) is 61.9 Å². The van der Waals surface area contributed by atoms with Crippen LogP contribution in [0.2, 0.25) is 0 Å². The molecule has 0 aliphatic heterocycles. The van der Waals surface area contributed by atoms with Crippen LogP contribution >= 0.6 is 0 Å². The Morgan fingerprint density at radius 1 is 1.07 bits per heavy atom. The zero-order valence-electron chi connectivity index (χ0n) is 15.1. The van der Waals surface area contributed by atoms with E-state index in [9.17, 15) is 13.2 Å². The molecule has 27 heavy (non-hydrogen) atoms. The minimum Gasteiger partial charge on any atom is -0.321 e. The Morgan fingerprint density at radius 2 is 1.81 bits per heavy atom. The van der Waals surface area contributed by atoms with Crippen LogP contribution in [0.15, 0.2) is 65.7 Å². The van der Waals surface area contributed by atoms with Crippen LogP contribution in [0.25, 0.3) is 10.9 Å². The molecular formula is C20H21N3O3S. The molecule has 7 heteroatoms. The molecule has 0 aliphatic carbocycles. The molecule has 0 saturated heterocycles. The van der Waals surface area contributed by atoms with Crippen LogP contribution in [0.3, 0.4) is 0 Å². The number of hydrogen-bond acceptors (Lipinski definition) is 4. The van der Waals surface area contributed by atoms with E-state index in [1.54, 1.807) is 19.2 Å². The molecule has 0 spiro atoms. The normalized spacial score (nSPS) is 12.7. The number of amides is 1. The van der Waals surface area contributed by atoms with Gasteiger partial charge in [-0.25, -0.2) is 13.1 Å². The minimum absolute atomic E-state index is 0.133. The summed E-state index contributed by atoms with van der Waals surface area (Å²) in [5.41, 5.74) is 1.81. The Balaban J connectivity index is 1.80. The van der Waals surface area contributed by atoms with Crippen molar-refractivity contribution in [3.05, 3.63) is 66.4 Å². The molecule has 6 nitrogen and oxygen atoms in total. The average molecular weight is 383 g/mol. The second-order valence-corrected chi connectivity index (χ2v) is 8.00. The van der Waals surface area contributed by atoms with E-state index in [4.69, 9.17) is 0 Å². The molecular weight excluding hydrogens is 362 g/mol. The largest absolute Gasteiger partial charge is 0.321 e. The van der Waals surface area contributed by atoms with Gasteiger partial charge in [0.1, 0.15) is 0 Å². The lowest BCUT2D eigenvalue weighted by atomic mass is 10.1. The maximum Gasteiger partial charge on any atom is 0.255 e. The molecule has 0 saturated carbocycles. The highest BCUT2D eigenvalue weighted by molar-refractivity contribution is 7.89. The summed E-state index contributed by atoms with van der Waals surface area (Å²) in [5, 5.41) is 3.69. The summed E-state index contributed by atoms with van der Waals surface area (Å²) < 4.78 is 27.2. The number of carbonyl (C=O) groups is 1. The maximum absolute atomic E-state index is 12.5. The zero-order valence-corrected chi connectivity index (χ0v) is 16.0. The van der Waals surface area contributed by atoms with Crippen molar-refractivity contribution in [2.45, 2.75) is 31.2 Å². The van der Waals surface area contributed by atoms with Gasteiger partial charge in [-0.2, -0.15) is 0 Å². The average Bonchev–Trinajstić information content (AvgIpc) is 2.68. The number of pyridine rings is 1. The van der Waals surface area contributed by atoms with Crippen LogP contribution in [-0.2, 0) is 10.0 Å². The van der Waals surface area contributed by atoms with Crippen molar-refractivity contribution >= 4 is 32.5 Å². The summed E-state index contributed by atoms with van der Waals surface area (Å²) in [4.78, 5) is 16.9. The van der Waals surface area contributed by atoms with E-state index in [1.165, 1.54) is 24.3 Å². The van der Waals surface area contributed by atoms with Gasteiger partial charge in [-0.3, -0.25) is 9.78 Å². The maximum atomic E-state index is 12.5. The number of nitrogens with zero attached hydrogens (tertiary/aromatic N) is 1. The number of benzene rings is 2. The Morgan fingerprint density at radius 3 is 2.52 bits per heavy atom. The van der Waals surface area contributed by atoms with E-state index in [-0.39, 0.29) is 16.8 Å². The lowest BCUT2D eigenvalue weighted by Crippen LogP contribution is -2.32. The quantitative estimate of drug-likeness (QED) is 0.681. The molecule has 1 aromatic heterocycles. The molecule has 2 N–H and O–H groups in total. The molecule has 3 rings (SSSR count). The highest BCUT2D eigenvalue weighted by Crippen LogP contribution is 2.22. The van der Waals surface area contributed by atoms with E-state index in [2.05, 4.69) is 15.0 Å². The van der Waals surface area contributed by atoms with Crippen LogP contribution in [0, 0.1) is 0 Å². The monoisotopic (exact) mass is 383 g/mol. The third kappa shape index (κ3) is 4.32. The molecule has 1 atom stereocenters. The van der Waals surface area contributed by atoms with E-state index in [0.717, 1.165) is 10.9 Å².